The molecule has 1 aliphatic heterocycles. The second-order valence-corrected chi connectivity index (χ2v) is 6.42. The lowest BCUT2D eigenvalue weighted by molar-refractivity contribution is 0.0605. The zero-order valence-corrected chi connectivity index (χ0v) is 12.2. The van der Waals surface area contributed by atoms with Crippen LogP contribution in [-0.4, -0.2) is 18.0 Å². The summed E-state index contributed by atoms with van der Waals surface area (Å²) in [7, 11) is 0. The van der Waals surface area contributed by atoms with Gasteiger partial charge in [-0.2, -0.15) is 0 Å². The van der Waals surface area contributed by atoms with E-state index in [1.54, 1.807) is 0 Å². The van der Waals surface area contributed by atoms with Crippen molar-refractivity contribution in [1.82, 2.24) is 0 Å². The van der Waals surface area contributed by atoms with Gasteiger partial charge in [0.1, 0.15) is 0 Å². The number of hydrogen-bond donors (Lipinski definition) is 0. The van der Waals surface area contributed by atoms with E-state index in [9.17, 15) is 0 Å². The third kappa shape index (κ3) is 3.56. The summed E-state index contributed by atoms with van der Waals surface area (Å²) in [5, 5.41) is 0. The maximum Gasteiger partial charge on any atom is 0.0508 e. The van der Waals surface area contributed by atoms with Gasteiger partial charge in [-0.05, 0) is 35.8 Å². The van der Waals surface area contributed by atoms with E-state index in [2.05, 4.69) is 54.0 Å². The smallest absolute Gasteiger partial charge is 0.0508 e. The molecular formula is C15H21BrO. The molecule has 1 fully saturated rings. The maximum absolute atomic E-state index is 5.56. The second kappa shape index (κ2) is 6.01. The molecule has 1 aliphatic rings. The van der Waals surface area contributed by atoms with E-state index in [0.717, 1.165) is 26.1 Å². The van der Waals surface area contributed by atoms with Crippen molar-refractivity contribution in [3.8, 4) is 0 Å². The van der Waals surface area contributed by atoms with Crippen LogP contribution in [0.4, 0.5) is 0 Å². The predicted octanol–water partition coefficient (Wildman–Crippen LogP) is 4.15. The van der Waals surface area contributed by atoms with E-state index in [0.29, 0.717) is 16.7 Å². The number of ether oxygens (including phenoxy) is 1. The third-order valence-corrected chi connectivity index (χ3v) is 4.73. The van der Waals surface area contributed by atoms with Crippen molar-refractivity contribution in [3.05, 3.63) is 35.4 Å². The monoisotopic (exact) mass is 296 g/mol. The topological polar surface area (TPSA) is 9.23 Å². The normalized spacial score (nSPS) is 25.2. The van der Waals surface area contributed by atoms with Gasteiger partial charge in [-0.3, -0.25) is 0 Å². The van der Waals surface area contributed by atoms with Gasteiger partial charge in [-0.25, -0.2) is 0 Å². The largest absolute Gasteiger partial charge is 0.381 e. The summed E-state index contributed by atoms with van der Waals surface area (Å²) in [4.78, 5) is 0.612. The molecule has 1 nitrogen and oxygen atoms in total. The van der Waals surface area contributed by atoms with Gasteiger partial charge in [0.05, 0.1) is 6.61 Å². The number of benzene rings is 1. The minimum absolute atomic E-state index is 0.612. The van der Waals surface area contributed by atoms with Crippen molar-refractivity contribution >= 4 is 15.9 Å². The zero-order valence-electron chi connectivity index (χ0n) is 10.7. The second-order valence-electron chi connectivity index (χ2n) is 5.24. The minimum atomic E-state index is 0.612. The van der Waals surface area contributed by atoms with Crippen molar-refractivity contribution in [3.63, 3.8) is 0 Å². The average Bonchev–Trinajstić information content (AvgIpc) is 2.33. The van der Waals surface area contributed by atoms with Crippen LogP contribution in [0.1, 0.15) is 37.3 Å². The highest BCUT2D eigenvalue weighted by Gasteiger charge is 2.23. The Bertz CT molecular complexity index is 344. The Morgan fingerprint density at radius 3 is 2.59 bits per heavy atom. The molecule has 1 aromatic carbocycles. The number of halogens is 1. The van der Waals surface area contributed by atoms with Gasteiger partial charge in [0.15, 0.2) is 0 Å². The summed E-state index contributed by atoms with van der Waals surface area (Å²) >= 11 is 3.77. The van der Waals surface area contributed by atoms with Crippen LogP contribution in [0.5, 0.6) is 0 Å². The molecule has 2 heteroatoms. The molecule has 1 saturated heterocycles. The van der Waals surface area contributed by atoms with Crippen LogP contribution in [-0.2, 0) is 11.2 Å². The maximum atomic E-state index is 5.56. The van der Waals surface area contributed by atoms with Crippen LogP contribution >= 0.6 is 15.9 Å². The van der Waals surface area contributed by atoms with Crippen molar-refractivity contribution in [2.24, 2.45) is 5.92 Å². The predicted molar refractivity (Wildman–Crippen MR) is 75.9 cm³/mol. The fraction of sp³-hybridized carbons (Fsp3) is 0.600. The molecule has 2 atom stereocenters. The summed E-state index contributed by atoms with van der Waals surface area (Å²) in [6, 6.07) is 9.05. The lowest BCUT2D eigenvalue weighted by Gasteiger charge is -2.27. The molecule has 0 aromatic heterocycles. The molecule has 0 aliphatic carbocycles. The van der Waals surface area contributed by atoms with E-state index in [-0.39, 0.29) is 0 Å². The van der Waals surface area contributed by atoms with Crippen LogP contribution in [0.25, 0.3) is 0 Å². The number of hydrogen-bond acceptors (Lipinski definition) is 1. The molecule has 94 valence electrons. The van der Waals surface area contributed by atoms with Crippen LogP contribution in [0, 0.1) is 5.92 Å². The first-order chi connectivity index (χ1) is 8.16. The first-order valence-electron chi connectivity index (χ1n) is 6.47. The van der Waals surface area contributed by atoms with Gasteiger partial charge in [0.25, 0.3) is 0 Å². The van der Waals surface area contributed by atoms with E-state index in [4.69, 9.17) is 4.74 Å². The Hall–Kier alpha value is -0.340. The molecule has 0 radical (unpaired) electrons. The Morgan fingerprint density at radius 1 is 1.29 bits per heavy atom. The highest BCUT2D eigenvalue weighted by atomic mass is 79.9. The van der Waals surface area contributed by atoms with Gasteiger partial charge in [-0.15, -0.1) is 0 Å². The summed E-state index contributed by atoms with van der Waals surface area (Å²) in [6.45, 7) is 6.26. The van der Waals surface area contributed by atoms with E-state index in [1.807, 2.05) is 0 Å². The minimum Gasteiger partial charge on any atom is -0.381 e. The molecular weight excluding hydrogens is 276 g/mol. The number of rotatable bonds is 3. The molecule has 0 amide bonds. The van der Waals surface area contributed by atoms with Gasteiger partial charge in [-0.1, -0.05) is 54.0 Å². The van der Waals surface area contributed by atoms with Crippen LogP contribution in [0.3, 0.4) is 0 Å². The molecule has 1 heterocycles. The first-order valence-corrected chi connectivity index (χ1v) is 7.39. The van der Waals surface area contributed by atoms with Crippen molar-refractivity contribution in [2.45, 2.75) is 37.4 Å². The van der Waals surface area contributed by atoms with E-state index >= 15 is 0 Å². The van der Waals surface area contributed by atoms with E-state index in [1.165, 1.54) is 11.1 Å². The molecule has 17 heavy (non-hydrogen) atoms. The molecule has 0 bridgehead atoms. The molecule has 0 saturated carbocycles. The van der Waals surface area contributed by atoms with Crippen molar-refractivity contribution < 1.29 is 4.74 Å². The van der Waals surface area contributed by atoms with Crippen LogP contribution in [0.2, 0.25) is 0 Å². The fourth-order valence-electron chi connectivity index (χ4n) is 2.30. The molecule has 0 N–H and O–H groups in total. The number of alkyl halides is 1. The third-order valence-electron chi connectivity index (χ3n) is 3.53. The Labute approximate surface area is 113 Å². The van der Waals surface area contributed by atoms with Gasteiger partial charge < -0.3 is 4.74 Å². The fourth-order valence-corrected chi connectivity index (χ4v) is 2.83. The molecule has 2 unspecified atom stereocenters. The standard InChI is InChI=1S/C15H21BrO/c1-11(2)13-5-3-12(4-6-13)9-14-10-17-8-7-15(14)16/h3-6,11,14-15H,7-10H2,1-2H3. The summed E-state index contributed by atoms with van der Waals surface area (Å²) < 4.78 is 5.56. The molecule has 1 aromatic rings. The lowest BCUT2D eigenvalue weighted by Crippen LogP contribution is -2.29. The summed E-state index contributed by atoms with van der Waals surface area (Å²) in [5.41, 5.74) is 2.85. The Balaban J connectivity index is 1.98. The SMILES string of the molecule is CC(C)c1ccc(CC2COCCC2Br)cc1. The van der Waals surface area contributed by atoms with Crippen LogP contribution in [0.15, 0.2) is 24.3 Å². The summed E-state index contributed by atoms with van der Waals surface area (Å²) in [6.07, 6.45) is 2.25. The Kier molecular flexibility index (Phi) is 4.63. The highest BCUT2D eigenvalue weighted by Crippen LogP contribution is 2.26. The first kappa shape index (κ1) is 13.1. The average molecular weight is 297 g/mol. The lowest BCUT2D eigenvalue weighted by atomic mass is 9.92. The van der Waals surface area contributed by atoms with E-state index < -0.39 is 0 Å². The van der Waals surface area contributed by atoms with Gasteiger partial charge in [0, 0.05) is 11.4 Å². The van der Waals surface area contributed by atoms with Crippen molar-refractivity contribution in [2.75, 3.05) is 13.2 Å². The molecule has 2 rings (SSSR count). The zero-order chi connectivity index (χ0) is 12.3. The highest BCUT2D eigenvalue weighted by molar-refractivity contribution is 9.09. The van der Waals surface area contributed by atoms with Gasteiger partial charge >= 0.3 is 0 Å². The van der Waals surface area contributed by atoms with Crippen molar-refractivity contribution in [1.29, 1.82) is 0 Å². The summed E-state index contributed by atoms with van der Waals surface area (Å²) in [5.74, 6) is 1.24. The van der Waals surface area contributed by atoms with Gasteiger partial charge in [0.2, 0.25) is 0 Å². The quantitative estimate of drug-likeness (QED) is 0.761. The Morgan fingerprint density at radius 2 is 2.00 bits per heavy atom. The van der Waals surface area contributed by atoms with Crippen LogP contribution < -0.4 is 0 Å². The molecule has 0 spiro atoms.